The number of piperidine rings is 1. The zero-order valence-corrected chi connectivity index (χ0v) is 17.3. The van der Waals surface area contributed by atoms with Crippen LogP contribution in [-0.4, -0.2) is 59.4 Å². The first-order valence-corrected chi connectivity index (χ1v) is 8.73. The van der Waals surface area contributed by atoms with Crippen molar-refractivity contribution in [2.45, 2.75) is 45.2 Å². The Hall–Kier alpha value is -0.900. The van der Waals surface area contributed by atoms with Crippen molar-refractivity contribution < 1.29 is 0 Å². The average molecular weight is 447 g/mol. The molecule has 0 saturated carbocycles. The predicted octanol–water partition coefficient (Wildman–Crippen LogP) is 1.55. The van der Waals surface area contributed by atoms with Crippen LogP contribution in [0.1, 0.15) is 43.4 Å². The number of rotatable bonds is 3. The van der Waals surface area contributed by atoms with Gasteiger partial charge < -0.3 is 15.5 Å². The zero-order chi connectivity index (χ0) is 16.2. The molecule has 3 heterocycles. The minimum atomic E-state index is 0. The third kappa shape index (κ3) is 4.81. The summed E-state index contributed by atoms with van der Waals surface area (Å²) < 4.78 is 2.03. The number of fused-ring (bicyclic) bond motifs is 1. The fourth-order valence-electron chi connectivity index (χ4n) is 3.65. The molecular weight excluding hydrogens is 417 g/mol. The third-order valence-electron chi connectivity index (χ3n) is 4.80. The van der Waals surface area contributed by atoms with Crippen molar-refractivity contribution >= 4 is 29.9 Å². The summed E-state index contributed by atoms with van der Waals surface area (Å²) in [6.45, 7) is 6.29. The van der Waals surface area contributed by atoms with Gasteiger partial charge in [-0.3, -0.25) is 4.99 Å². The Morgan fingerprint density at radius 3 is 2.83 bits per heavy atom. The van der Waals surface area contributed by atoms with Gasteiger partial charge in [0.05, 0.1) is 6.04 Å². The summed E-state index contributed by atoms with van der Waals surface area (Å²) >= 11 is 0. The molecule has 2 N–H and O–H groups in total. The van der Waals surface area contributed by atoms with E-state index >= 15 is 0 Å². The van der Waals surface area contributed by atoms with Gasteiger partial charge in [-0.1, -0.05) is 0 Å². The molecule has 0 amide bonds. The minimum Gasteiger partial charge on any atom is -0.356 e. The Balaban J connectivity index is 0.00000208. The van der Waals surface area contributed by atoms with Crippen molar-refractivity contribution in [3.63, 3.8) is 0 Å². The number of hydrogen-bond donors (Lipinski definition) is 2. The summed E-state index contributed by atoms with van der Waals surface area (Å²) in [5.41, 5.74) is 0. The molecule has 1 aromatic rings. The van der Waals surface area contributed by atoms with Crippen molar-refractivity contribution in [1.29, 1.82) is 0 Å². The highest BCUT2D eigenvalue weighted by Crippen LogP contribution is 2.22. The SMILES string of the molecule is CN=C(NCC1CCCN(C)C1)NC1CCCn2nc(C)nc21.I. The fourth-order valence-corrected chi connectivity index (χ4v) is 3.65. The summed E-state index contributed by atoms with van der Waals surface area (Å²) in [5, 5.41) is 11.5. The number of nitrogens with zero attached hydrogens (tertiary/aromatic N) is 5. The van der Waals surface area contributed by atoms with E-state index in [0.29, 0.717) is 5.92 Å². The first-order valence-electron chi connectivity index (χ1n) is 8.73. The molecule has 7 nitrogen and oxygen atoms in total. The van der Waals surface area contributed by atoms with Crippen molar-refractivity contribution in [2.75, 3.05) is 33.7 Å². The van der Waals surface area contributed by atoms with Crippen LogP contribution in [-0.2, 0) is 6.54 Å². The van der Waals surface area contributed by atoms with Gasteiger partial charge in [-0.05, 0) is 52.1 Å². The molecule has 2 unspecified atom stereocenters. The van der Waals surface area contributed by atoms with Crippen LogP contribution in [0, 0.1) is 12.8 Å². The topological polar surface area (TPSA) is 70.4 Å². The molecule has 3 rings (SSSR count). The van der Waals surface area contributed by atoms with E-state index in [2.05, 4.69) is 37.7 Å². The number of hydrogen-bond acceptors (Lipinski definition) is 4. The Bertz CT molecular complexity index is 557. The number of halogens is 1. The molecule has 0 radical (unpaired) electrons. The lowest BCUT2D eigenvalue weighted by atomic mass is 9.98. The number of aliphatic imine (C=N–C) groups is 1. The lowest BCUT2D eigenvalue weighted by Crippen LogP contribution is -2.45. The summed E-state index contributed by atoms with van der Waals surface area (Å²) in [6.07, 6.45) is 4.79. The Morgan fingerprint density at radius 2 is 2.08 bits per heavy atom. The average Bonchev–Trinajstić information content (AvgIpc) is 2.92. The molecule has 1 aromatic heterocycles. The maximum absolute atomic E-state index is 4.58. The van der Waals surface area contributed by atoms with E-state index in [9.17, 15) is 0 Å². The molecule has 0 aliphatic carbocycles. The van der Waals surface area contributed by atoms with E-state index < -0.39 is 0 Å². The molecule has 136 valence electrons. The van der Waals surface area contributed by atoms with Crippen LogP contribution in [0.3, 0.4) is 0 Å². The highest BCUT2D eigenvalue weighted by molar-refractivity contribution is 14.0. The molecule has 0 aromatic carbocycles. The Kier molecular flexibility index (Phi) is 7.27. The third-order valence-corrected chi connectivity index (χ3v) is 4.80. The van der Waals surface area contributed by atoms with E-state index in [1.807, 2.05) is 18.7 Å². The van der Waals surface area contributed by atoms with Crippen LogP contribution in [0.2, 0.25) is 0 Å². The largest absolute Gasteiger partial charge is 0.356 e. The molecule has 24 heavy (non-hydrogen) atoms. The number of aryl methyl sites for hydroxylation is 2. The maximum atomic E-state index is 4.58. The molecule has 1 saturated heterocycles. The number of likely N-dealkylation sites (tertiary alicyclic amines) is 1. The second-order valence-corrected chi connectivity index (χ2v) is 6.80. The van der Waals surface area contributed by atoms with Gasteiger partial charge in [-0.2, -0.15) is 5.10 Å². The van der Waals surface area contributed by atoms with Crippen molar-refractivity contribution in [1.82, 2.24) is 30.3 Å². The molecule has 2 aliphatic rings. The Labute approximate surface area is 161 Å². The van der Waals surface area contributed by atoms with E-state index in [1.54, 1.807) is 0 Å². The molecule has 0 spiro atoms. The van der Waals surface area contributed by atoms with E-state index in [-0.39, 0.29) is 30.0 Å². The molecule has 8 heteroatoms. The van der Waals surface area contributed by atoms with Crippen molar-refractivity contribution in [3.8, 4) is 0 Å². The molecule has 0 bridgehead atoms. The summed E-state index contributed by atoms with van der Waals surface area (Å²) in [4.78, 5) is 11.4. The van der Waals surface area contributed by atoms with Crippen LogP contribution in [0.5, 0.6) is 0 Å². The van der Waals surface area contributed by atoms with Gasteiger partial charge in [0.2, 0.25) is 0 Å². The van der Waals surface area contributed by atoms with Crippen LogP contribution in [0.25, 0.3) is 0 Å². The standard InChI is InChI=1S/C16H29N7.HI/c1-12-19-15-14(7-5-9-23(15)21-12)20-16(17-2)18-10-13-6-4-8-22(3)11-13;/h13-14H,4-11H2,1-3H3,(H2,17,18,20);1H. The fraction of sp³-hybridized carbons (Fsp3) is 0.812. The predicted molar refractivity (Wildman–Crippen MR) is 107 cm³/mol. The number of nitrogens with one attached hydrogen (secondary N) is 2. The Morgan fingerprint density at radius 1 is 1.29 bits per heavy atom. The summed E-state index contributed by atoms with van der Waals surface area (Å²) in [7, 11) is 4.04. The van der Waals surface area contributed by atoms with E-state index in [1.165, 1.54) is 25.9 Å². The normalized spacial score (nSPS) is 24.9. The maximum Gasteiger partial charge on any atom is 0.191 e. The van der Waals surface area contributed by atoms with Gasteiger partial charge >= 0.3 is 0 Å². The van der Waals surface area contributed by atoms with Gasteiger partial charge in [-0.25, -0.2) is 9.67 Å². The molecule has 1 fully saturated rings. The lowest BCUT2D eigenvalue weighted by molar-refractivity contribution is 0.210. The minimum absolute atomic E-state index is 0. The highest BCUT2D eigenvalue weighted by Gasteiger charge is 2.24. The van der Waals surface area contributed by atoms with Crippen LogP contribution in [0.4, 0.5) is 0 Å². The first-order chi connectivity index (χ1) is 11.2. The number of guanidine groups is 1. The van der Waals surface area contributed by atoms with E-state index in [4.69, 9.17) is 0 Å². The molecular formula is C16H30IN7. The summed E-state index contributed by atoms with van der Waals surface area (Å²) in [5.74, 6) is 3.46. The molecule has 2 atom stereocenters. The number of aromatic nitrogens is 3. The second kappa shape index (κ2) is 8.98. The van der Waals surface area contributed by atoms with Gasteiger partial charge in [0, 0.05) is 26.7 Å². The van der Waals surface area contributed by atoms with Crippen molar-refractivity contribution in [3.05, 3.63) is 11.6 Å². The van der Waals surface area contributed by atoms with Gasteiger partial charge in [0.25, 0.3) is 0 Å². The monoisotopic (exact) mass is 447 g/mol. The second-order valence-electron chi connectivity index (χ2n) is 6.80. The van der Waals surface area contributed by atoms with Crippen LogP contribution >= 0.6 is 24.0 Å². The smallest absolute Gasteiger partial charge is 0.191 e. The molecule has 2 aliphatic heterocycles. The van der Waals surface area contributed by atoms with E-state index in [0.717, 1.165) is 43.5 Å². The first kappa shape index (κ1) is 19.4. The van der Waals surface area contributed by atoms with Gasteiger partial charge in [0.1, 0.15) is 11.6 Å². The van der Waals surface area contributed by atoms with Gasteiger partial charge in [0.15, 0.2) is 5.96 Å². The van der Waals surface area contributed by atoms with Crippen LogP contribution in [0.15, 0.2) is 4.99 Å². The van der Waals surface area contributed by atoms with Gasteiger partial charge in [-0.15, -0.1) is 24.0 Å². The highest BCUT2D eigenvalue weighted by atomic mass is 127. The van der Waals surface area contributed by atoms with Crippen molar-refractivity contribution in [2.24, 2.45) is 10.9 Å². The summed E-state index contributed by atoms with van der Waals surface area (Å²) in [6, 6.07) is 0.199. The van der Waals surface area contributed by atoms with Crippen LogP contribution < -0.4 is 10.6 Å². The zero-order valence-electron chi connectivity index (χ0n) is 15.0. The lowest BCUT2D eigenvalue weighted by Gasteiger charge is -2.31. The quantitative estimate of drug-likeness (QED) is 0.418.